The van der Waals surface area contributed by atoms with Crippen LogP contribution in [0.5, 0.6) is 0 Å². The number of benzene rings is 1. The van der Waals surface area contributed by atoms with Crippen LogP contribution in [0.15, 0.2) is 24.3 Å². The zero-order chi connectivity index (χ0) is 15.5. The molecule has 1 fully saturated rings. The topological polar surface area (TPSA) is 84.6 Å². The molecule has 0 radical (unpaired) electrons. The monoisotopic (exact) mass is 290 g/mol. The molecular weight excluding hydrogens is 275 g/mol. The predicted octanol–water partition coefficient (Wildman–Crippen LogP) is 2.22. The van der Waals surface area contributed by atoms with E-state index in [9.17, 15) is 14.3 Å². The van der Waals surface area contributed by atoms with Crippen molar-refractivity contribution in [2.75, 3.05) is 13.1 Å². The van der Waals surface area contributed by atoms with Crippen molar-refractivity contribution in [3.63, 3.8) is 0 Å². The molecule has 6 heteroatoms. The number of nitrogens with zero attached hydrogens (tertiary/aromatic N) is 2. The van der Waals surface area contributed by atoms with Gasteiger partial charge in [0.05, 0.1) is 11.2 Å². The van der Waals surface area contributed by atoms with Crippen molar-refractivity contribution < 1.29 is 19.4 Å². The summed E-state index contributed by atoms with van der Waals surface area (Å²) in [6.45, 7) is 0.534. The van der Waals surface area contributed by atoms with Gasteiger partial charge in [-0.25, -0.2) is 9.18 Å². The largest absolute Gasteiger partial charge is 0.465 e. The molecule has 1 aliphatic heterocycles. The number of carbonyl (C=O) groups is 1. The van der Waals surface area contributed by atoms with E-state index in [1.165, 1.54) is 23.1 Å². The molecule has 21 heavy (non-hydrogen) atoms. The van der Waals surface area contributed by atoms with E-state index in [0.29, 0.717) is 18.4 Å². The number of aliphatic hydroxyl groups is 1. The van der Waals surface area contributed by atoms with E-state index in [-0.39, 0.29) is 18.7 Å². The molecule has 1 aromatic carbocycles. The lowest BCUT2D eigenvalue weighted by molar-refractivity contribution is 0.0227. The predicted molar refractivity (Wildman–Crippen MR) is 73.9 cm³/mol. The highest BCUT2D eigenvalue weighted by molar-refractivity contribution is 5.65. The van der Waals surface area contributed by atoms with Crippen molar-refractivity contribution >= 4 is 12.2 Å². The maximum Gasteiger partial charge on any atom is 0.407 e. The molecule has 0 saturated carbocycles. The van der Waals surface area contributed by atoms with E-state index in [1.807, 2.05) is 0 Å². The summed E-state index contributed by atoms with van der Waals surface area (Å²) in [5, 5.41) is 28.0. The van der Waals surface area contributed by atoms with E-state index in [2.05, 4.69) is 0 Å². The fourth-order valence-electron chi connectivity index (χ4n) is 2.24. The molecule has 1 heterocycles. The summed E-state index contributed by atoms with van der Waals surface area (Å²) in [6, 6.07) is 5.88. The first-order valence-electron chi connectivity index (χ1n) is 6.53. The second-order valence-corrected chi connectivity index (χ2v) is 5.06. The molecule has 1 saturated heterocycles. The summed E-state index contributed by atoms with van der Waals surface area (Å²) >= 11 is 0. The van der Waals surface area contributed by atoms with Crippen molar-refractivity contribution in [1.82, 2.24) is 4.90 Å². The molecule has 110 valence electrons. The Balaban J connectivity index is 2.08. The van der Waals surface area contributed by atoms with Gasteiger partial charge in [-0.15, -0.1) is 0 Å². The van der Waals surface area contributed by atoms with Crippen molar-refractivity contribution in [3.8, 4) is 6.07 Å². The summed E-state index contributed by atoms with van der Waals surface area (Å²) in [4.78, 5) is 12.1. The van der Waals surface area contributed by atoms with Gasteiger partial charge in [0.15, 0.2) is 0 Å². The Morgan fingerprint density at radius 3 is 2.67 bits per heavy atom. The van der Waals surface area contributed by atoms with Crippen LogP contribution in [0.4, 0.5) is 9.18 Å². The van der Waals surface area contributed by atoms with Crippen molar-refractivity contribution in [2.45, 2.75) is 18.4 Å². The Kier molecular flexibility index (Phi) is 4.24. The molecule has 5 nitrogen and oxygen atoms in total. The lowest BCUT2D eigenvalue weighted by atomic mass is 9.90. The van der Waals surface area contributed by atoms with Crippen LogP contribution < -0.4 is 0 Å². The molecular formula is C15H15FN2O3. The van der Waals surface area contributed by atoms with Gasteiger partial charge in [-0.2, -0.15) is 5.26 Å². The average molecular weight is 290 g/mol. The second-order valence-electron chi connectivity index (χ2n) is 5.06. The van der Waals surface area contributed by atoms with E-state index < -0.39 is 17.5 Å². The number of amides is 1. The molecule has 0 atom stereocenters. The van der Waals surface area contributed by atoms with Gasteiger partial charge in [0, 0.05) is 13.1 Å². The van der Waals surface area contributed by atoms with Crippen LogP contribution in [0.3, 0.4) is 0 Å². The molecule has 0 unspecified atom stereocenters. The lowest BCUT2D eigenvalue weighted by Crippen LogP contribution is -2.45. The molecule has 2 N–H and O–H groups in total. The second kappa shape index (κ2) is 5.94. The quantitative estimate of drug-likeness (QED) is 0.874. The maximum absolute atomic E-state index is 13.2. The summed E-state index contributed by atoms with van der Waals surface area (Å²) in [5.41, 5.74) is -0.514. The zero-order valence-corrected chi connectivity index (χ0v) is 11.3. The first-order valence-corrected chi connectivity index (χ1v) is 6.53. The molecule has 2 rings (SSSR count). The van der Waals surface area contributed by atoms with E-state index in [0.717, 1.165) is 0 Å². The molecule has 1 amide bonds. The molecule has 0 aromatic heterocycles. The van der Waals surface area contributed by atoms with Crippen LogP contribution in [0.1, 0.15) is 24.0 Å². The van der Waals surface area contributed by atoms with Gasteiger partial charge in [-0.05, 0) is 30.5 Å². The molecule has 0 aliphatic carbocycles. The van der Waals surface area contributed by atoms with E-state index in [1.54, 1.807) is 18.2 Å². The van der Waals surface area contributed by atoms with E-state index in [4.69, 9.17) is 10.4 Å². The van der Waals surface area contributed by atoms with Gasteiger partial charge in [0.25, 0.3) is 0 Å². The van der Waals surface area contributed by atoms with E-state index >= 15 is 0 Å². The van der Waals surface area contributed by atoms with Crippen molar-refractivity contribution in [1.29, 1.82) is 5.26 Å². The standard InChI is InChI=1S/C15H15FN2O3/c16-13-2-1-11(9-12(13)10-17)3-4-15(21)5-7-18(8-6-15)14(19)20/h1-4,9,21H,5-8H2,(H,19,20). The molecule has 1 aromatic rings. The third kappa shape index (κ3) is 3.58. The van der Waals surface area contributed by atoms with Crippen LogP contribution in [0.2, 0.25) is 0 Å². The fraction of sp³-hybridized carbons (Fsp3) is 0.333. The number of hydrogen-bond acceptors (Lipinski definition) is 3. The number of hydrogen-bond donors (Lipinski definition) is 2. The minimum absolute atomic E-state index is 0.0511. The van der Waals surface area contributed by atoms with Crippen LogP contribution in [-0.4, -0.2) is 39.9 Å². The number of likely N-dealkylation sites (tertiary alicyclic amines) is 1. The third-order valence-electron chi connectivity index (χ3n) is 3.60. The highest BCUT2D eigenvalue weighted by Crippen LogP contribution is 2.25. The van der Waals surface area contributed by atoms with Crippen molar-refractivity contribution in [3.05, 3.63) is 41.2 Å². The Labute approximate surface area is 121 Å². The number of halogens is 1. The maximum atomic E-state index is 13.2. The molecule has 0 bridgehead atoms. The summed E-state index contributed by atoms with van der Waals surface area (Å²) in [5.74, 6) is -0.580. The van der Waals surface area contributed by atoms with Crippen LogP contribution in [-0.2, 0) is 0 Å². The minimum Gasteiger partial charge on any atom is -0.465 e. The Bertz CT molecular complexity index is 614. The minimum atomic E-state index is -1.08. The Morgan fingerprint density at radius 2 is 2.10 bits per heavy atom. The van der Waals surface area contributed by atoms with Gasteiger partial charge in [0.2, 0.25) is 0 Å². The summed E-state index contributed by atoms with van der Waals surface area (Å²) in [7, 11) is 0. The highest BCUT2D eigenvalue weighted by atomic mass is 19.1. The molecule has 0 spiro atoms. The first-order chi connectivity index (χ1) is 9.93. The number of piperidine rings is 1. The lowest BCUT2D eigenvalue weighted by Gasteiger charge is -2.34. The van der Waals surface area contributed by atoms with Crippen molar-refractivity contribution in [2.24, 2.45) is 0 Å². The summed E-state index contributed by atoms with van der Waals surface area (Å²) in [6.07, 6.45) is 2.83. The first kappa shape index (κ1) is 15.0. The number of carboxylic acid groups (broad SMARTS) is 1. The van der Waals surface area contributed by atoms with Crippen LogP contribution in [0, 0.1) is 17.1 Å². The molecule has 1 aliphatic rings. The third-order valence-corrected chi connectivity index (χ3v) is 3.60. The normalized spacial score (nSPS) is 17.7. The Hall–Kier alpha value is -2.39. The SMILES string of the molecule is N#Cc1cc(C=CC2(O)CCN(C(=O)O)CC2)ccc1F. The highest BCUT2D eigenvalue weighted by Gasteiger charge is 2.31. The van der Waals surface area contributed by atoms with Crippen LogP contribution in [0.25, 0.3) is 6.08 Å². The zero-order valence-electron chi connectivity index (χ0n) is 11.3. The van der Waals surface area contributed by atoms with Crippen LogP contribution >= 0.6 is 0 Å². The number of nitriles is 1. The Morgan fingerprint density at radius 1 is 1.43 bits per heavy atom. The van der Waals surface area contributed by atoms with Gasteiger partial charge in [-0.3, -0.25) is 0 Å². The average Bonchev–Trinajstić information content (AvgIpc) is 2.47. The van der Waals surface area contributed by atoms with Gasteiger partial charge in [-0.1, -0.05) is 18.2 Å². The smallest absolute Gasteiger partial charge is 0.407 e. The summed E-state index contributed by atoms with van der Waals surface area (Å²) < 4.78 is 13.2. The van der Waals surface area contributed by atoms with Gasteiger partial charge < -0.3 is 15.1 Å². The van der Waals surface area contributed by atoms with Gasteiger partial charge in [0.1, 0.15) is 11.9 Å². The van der Waals surface area contributed by atoms with Gasteiger partial charge >= 0.3 is 6.09 Å². The number of rotatable bonds is 2. The fourth-order valence-corrected chi connectivity index (χ4v) is 2.24.